The van der Waals surface area contributed by atoms with Crippen LogP contribution in [0.25, 0.3) is 6.08 Å². The second-order valence-corrected chi connectivity index (χ2v) is 7.23. The summed E-state index contributed by atoms with van der Waals surface area (Å²) in [7, 11) is 1.27. The lowest BCUT2D eigenvalue weighted by Gasteiger charge is -2.36. The molecule has 1 aromatic carbocycles. The van der Waals surface area contributed by atoms with Crippen molar-refractivity contribution in [2.45, 2.75) is 46.1 Å². The fourth-order valence-corrected chi connectivity index (χ4v) is 3.48. The van der Waals surface area contributed by atoms with Crippen molar-refractivity contribution in [1.29, 1.82) is 0 Å². The molecule has 0 amide bonds. The molecular weight excluding hydrogens is 316 g/mol. The molecule has 0 N–H and O–H groups in total. The molecule has 0 aromatic heterocycles. The van der Waals surface area contributed by atoms with E-state index in [2.05, 4.69) is 20.8 Å². The molecule has 1 aliphatic carbocycles. The summed E-state index contributed by atoms with van der Waals surface area (Å²) >= 11 is 0. The maximum Gasteiger partial charge on any atom is 0.345 e. The minimum absolute atomic E-state index is 0.0607. The number of ether oxygens (including phenoxy) is 2. The molecule has 0 heterocycles. The molecule has 0 radical (unpaired) electrons. The van der Waals surface area contributed by atoms with Crippen molar-refractivity contribution in [3.8, 4) is 0 Å². The number of benzene rings is 1. The zero-order valence-electron chi connectivity index (χ0n) is 15.5. The Hall–Kier alpha value is -2.10. The summed E-state index contributed by atoms with van der Waals surface area (Å²) in [6.45, 7) is 6.49. The normalized spacial score (nSPS) is 24.0. The van der Waals surface area contributed by atoms with Gasteiger partial charge in [-0.1, -0.05) is 57.5 Å². The van der Waals surface area contributed by atoms with Crippen LogP contribution in [-0.4, -0.2) is 25.2 Å². The van der Waals surface area contributed by atoms with Crippen molar-refractivity contribution in [1.82, 2.24) is 0 Å². The first-order chi connectivity index (χ1) is 11.9. The van der Waals surface area contributed by atoms with Gasteiger partial charge in [-0.3, -0.25) is 0 Å². The highest BCUT2D eigenvalue weighted by atomic mass is 16.6. The summed E-state index contributed by atoms with van der Waals surface area (Å²) in [5.41, 5.74) is 0.701. The van der Waals surface area contributed by atoms with E-state index in [1.165, 1.54) is 13.2 Å². The molecule has 4 nitrogen and oxygen atoms in total. The van der Waals surface area contributed by atoms with Gasteiger partial charge in [-0.2, -0.15) is 0 Å². The third kappa shape index (κ3) is 5.18. The number of hydrogen-bond acceptors (Lipinski definition) is 4. The van der Waals surface area contributed by atoms with E-state index in [1.54, 1.807) is 0 Å². The second-order valence-electron chi connectivity index (χ2n) is 7.23. The number of carbonyl (C=O) groups is 2. The Morgan fingerprint density at radius 3 is 2.40 bits per heavy atom. The third-order valence-electron chi connectivity index (χ3n) is 4.96. The SMILES string of the molecule is COC(=O)/C(=C/c1ccccc1)C(=O)OC1CC(C)CCC1C(C)C. The number of methoxy groups -OCH3 is 1. The van der Waals surface area contributed by atoms with Crippen LogP contribution in [0.2, 0.25) is 0 Å². The number of rotatable bonds is 5. The summed E-state index contributed by atoms with van der Waals surface area (Å²) in [4.78, 5) is 24.8. The molecule has 2 rings (SSSR count). The van der Waals surface area contributed by atoms with Crippen molar-refractivity contribution in [3.05, 3.63) is 41.5 Å². The number of esters is 2. The van der Waals surface area contributed by atoms with Crippen molar-refractivity contribution >= 4 is 18.0 Å². The minimum Gasteiger partial charge on any atom is -0.465 e. The van der Waals surface area contributed by atoms with Crippen LogP contribution in [0.3, 0.4) is 0 Å². The molecule has 4 heteroatoms. The lowest BCUT2D eigenvalue weighted by atomic mass is 9.75. The molecule has 1 saturated carbocycles. The first kappa shape index (κ1) is 19.2. The molecule has 0 spiro atoms. The van der Waals surface area contributed by atoms with Gasteiger partial charge in [-0.15, -0.1) is 0 Å². The van der Waals surface area contributed by atoms with Crippen LogP contribution in [0, 0.1) is 17.8 Å². The van der Waals surface area contributed by atoms with E-state index < -0.39 is 11.9 Å². The number of hydrogen-bond donors (Lipinski definition) is 0. The molecule has 0 aliphatic heterocycles. The van der Waals surface area contributed by atoms with E-state index in [-0.39, 0.29) is 11.7 Å². The summed E-state index contributed by atoms with van der Waals surface area (Å²) in [5.74, 6) is 0.0208. The summed E-state index contributed by atoms with van der Waals surface area (Å²) in [6.07, 6.45) is 4.42. The van der Waals surface area contributed by atoms with Gasteiger partial charge in [0.25, 0.3) is 0 Å². The van der Waals surface area contributed by atoms with Crippen LogP contribution in [0.1, 0.15) is 45.6 Å². The standard InChI is InChI=1S/C21H28O4/c1-14(2)17-11-10-15(3)12-19(17)25-21(23)18(20(22)24-4)13-16-8-6-5-7-9-16/h5-9,13-15,17,19H,10-12H2,1-4H3/b18-13-. The van der Waals surface area contributed by atoms with Crippen molar-refractivity contribution in [3.63, 3.8) is 0 Å². The fraction of sp³-hybridized carbons (Fsp3) is 0.524. The predicted molar refractivity (Wildman–Crippen MR) is 97.7 cm³/mol. The Morgan fingerprint density at radius 1 is 1.12 bits per heavy atom. The average Bonchev–Trinajstić information content (AvgIpc) is 2.59. The zero-order chi connectivity index (χ0) is 18.4. The van der Waals surface area contributed by atoms with E-state index in [1.807, 2.05) is 30.3 Å². The van der Waals surface area contributed by atoms with Gasteiger partial charge in [0.1, 0.15) is 11.7 Å². The van der Waals surface area contributed by atoms with Crippen molar-refractivity contribution in [2.75, 3.05) is 7.11 Å². The molecule has 0 saturated heterocycles. The molecule has 136 valence electrons. The van der Waals surface area contributed by atoms with Gasteiger partial charge in [0.2, 0.25) is 0 Å². The molecular formula is C21H28O4. The van der Waals surface area contributed by atoms with Crippen LogP contribution in [0.15, 0.2) is 35.9 Å². The minimum atomic E-state index is -0.668. The highest BCUT2D eigenvalue weighted by Gasteiger charge is 2.35. The highest BCUT2D eigenvalue weighted by Crippen LogP contribution is 2.35. The van der Waals surface area contributed by atoms with E-state index >= 15 is 0 Å². The van der Waals surface area contributed by atoms with E-state index in [9.17, 15) is 9.59 Å². The van der Waals surface area contributed by atoms with E-state index in [0.29, 0.717) is 17.8 Å². The molecule has 1 aromatic rings. The smallest absolute Gasteiger partial charge is 0.345 e. The van der Waals surface area contributed by atoms with E-state index in [0.717, 1.165) is 24.8 Å². The lowest BCUT2D eigenvalue weighted by Crippen LogP contribution is -2.36. The molecule has 3 atom stereocenters. The van der Waals surface area contributed by atoms with Gasteiger partial charge in [-0.05, 0) is 42.2 Å². The topological polar surface area (TPSA) is 52.6 Å². The van der Waals surface area contributed by atoms with Crippen LogP contribution >= 0.6 is 0 Å². The summed E-state index contributed by atoms with van der Waals surface area (Å²) < 4.78 is 10.6. The van der Waals surface area contributed by atoms with Crippen LogP contribution in [-0.2, 0) is 19.1 Å². The molecule has 25 heavy (non-hydrogen) atoms. The Bertz CT molecular complexity index is 618. The lowest BCUT2D eigenvalue weighted by molar-refractivity contribution is -0.154. The van der Waals surface area contributed by atoms with Gasteiger partial charge in [0.15, 0.2) is 0 Å². The maximum absolute atomic E-state index is 12.7. The molecule has 0 bridgehead atoms. The van der Waals surface area contributed by atoms with Crippen LogP contribution < -0.4 is 0 Å². The maximum atomic E-state index is 12.7. The Labute approximate surface area is 150 Å². The van der Waals surface area contributed by atoms with Crippen LogP contribution in [0.4, 0.5) is 0 Å². The molecule has 1 aliphatic rings. The monoisotopic (exact) mass is 344 g/mol. The third-order valence-corrected chi connectivity index (χ3v) is 4.96. The molecule has 1 fully saturated rings. The molecule has 3 unspecified atom stereocenters. The zero-order valence-corrected chi connectivity index (χ0v) is 15.5. The van der Waals surface area contributed by atoms with Crippen molar-refractivity contribution in [2.24, 2.45) is 17.8 Å². The van der Waals surface area contributed by atoms with Gasteiger partial charge >= 0.3 is 11.9 Å². The van der Waals surface area contributed by atoms with Crippen molar-refractivity contribution < 1.29 is 19.1 Å². The van der Waals surface area contributed by atoms with Gasteiger partial charge in [-0.25, -0.2) is 9.59 Å². The Morgan fingerprint density at radius 2 is 1.80 bits per heavy atom. The Balaban J connectivity index is 2.21. The van der Waals surface area contributed by atoms with Crippen LogP contribution in [0.5, 0.6) is 0 Å². The highest BCUT2D eigenvalue weighted by molar-refractivity contribution is 6.17. The summed E-state index contributed by atoms with van der Waals surface area (Å²) in [5, 5.41) is 0. The quantitative estimate of drug-likeness (QED) is 0.347. The predicted octanol–water partition coefficient (Wildman–Crippen LogP) is 4.25. The van der Waals surface area contributed by atoms with E-state index in [4.69, 9.17) is 9.47 Å². The Kier molecular flexibility index (Phi) is 6.80. The van der Waals surface area contributed by atoms with Gasteiger partial charge < -0.3 is 9.47 Å². The largest absolute Gasteiger partial charge is 0.465 e. The fourth-order valence-electron chi connectivity index (χ4n) is 3.48. The number of carbonyl (C=O) groups excluding carboxylic acids is 2. The van der Waals surface area contributed by atoms with Gasteiger partial charge in [0.05, 0.1) is 7.11 Å². The first-order valence-corrected chi connectivity index (χ1v) is 8.98. The average molecular weight is 344 g/mol. The second kappa shape index (κ2) is 8.84. The summed E-state index contributed by atoms with van der Waals surface area (Å²) in [6, 6.07) is 9.24. The first-order valence-electron chi connectivity index (χ1n) is 8.98. The van der Waals surface area contributed by atoms with Gasteiger partial charge in [0, 0.05) is 0 Å².